The maximum Gasteiger partial charge on any atom is 0.244 e. The topological polar surface area (TPSA) is 69.6 Å². The number of amides is 2. The molecule has 6 heteroatoms. The second-order valence-electron chi connectivity index (χ2n) is 5.26. The zero-order valence-electron chi connectivity index (χ0n) is 12.8. The number of nitrogens with zero attached hydrogens (tertiary/aromatic N) is 1. The van der Waals surface area contributed by atoms with Crippen LogP contribution in [0.15, 0.2) is 60.0 Å². The molecule has 0 aromatic heterocycles. The number of rotatable bonds is 4. The second kappa shape index (κ2) is 7.23. The summed E-state index contributed by atoms with van der Waals surface area (Å²) in [5.74, 6) is -0.0337. The molecule has 122 valence electrons. The molecule has 2 N–H and O–H groups in total. The molecule has 0 fully saturated rings. The van der Waals surface area contributed by atoms with Gasteiger partial charge >= 0.3 is 0 Å². The fourth-order valence-electron chi connectivity index (χ4n) is 2.40. The van der Waals surface area contributed by atoms with E-state index in [-0.39, 0.29) is 24.1 Å². The third kappa shape index (κ3) is 3.78. The summed E-state index contributed by atoms with van der Waals surface area (Å²) >= 11 is 1.42. The number of anilines is 1. The molecule has 0 saturated carbocycles. The summed E-state index contributed by atoms with van der Waals surface area (Å²) in [4.78, 5) is 26.0. The van der Waals surface area contributed by atoms with E-state index in [9.17, 15) is 14.7 Å². The lowest BCUT2D eigenvalue weighted by Crippen LogP contribution is -2.39. The third-order valence-electron chi connectivity index (χ3n) is 3.49. The molecule has 0 unspecified atom stereocenters. The predicted molar refractivity (Wildman–Crippen MR) is 95.3 cm³/mol. The first-order chi connectivity index (χ1) is 11.6. The molecule has 0 radical (unpaired) electrons. The van der Waals surface area contributed by atoms with Crippen molar-refractivity contribution in [2.75, 3.05) is 17.6 Å². The van der Waals surface area contributed by atoms with Crippen LogP contribution in [0.4, 0.5) is 5.69 Å². The van der Waals surface area contributed by atoms with Crippen molar-refractivity contribution in [2.45, 2.75) is 0 Å². The van der Waals surface area contributed by atoms with Gasteiger partial charge in [-0.1, -0.05) is 36.4 Å². The number of benzene rings is 2. The fraction of sp³-hybridized carbons (Fsp3) is 0.111. The number of phenols is 1. The Balaban J connectivity index is 1.76. The van der Waals surface area contributed by atoms with Gasteiger partial charge in [0.25, 0.3) is 0 Å². The van der Waals surface area contributed by atoms with Crippen LogP contribution in [0.5, 0.6) is 5.75 Å². The smallest absolute Gasteiger partial charge is 0.244 e. The Hall–Kier alpha value is -2.73. The number of carbonyl (C=O) groups is 2. The Kier molecular flexibility index (Phi) is 4.86. The molecule has 2 amide bonds. The first-order valence-corrected chi connectivity index (χ1v) is 8.45. The molecule has 3 rings (SSSR count). The van der Waals surface area contributed by atoms with E-state index in [1.165, 1.54) is 28.8 Å². The molecule has 2 aromatic carbocycles. The van der Waals surface area contributed by atoms with Crippen LogP contribution in [0.3, 0.4) is 0 Å². The van der Waals surface area contributed by atoms with Gasteiger partial charge in [-0.25, -0.2) is 0 Å². The quantitative estimate of drug-likeness (QED) is 0.898. The minimum absolute atomic E-state index is 0.0723. The molecule has 1 aliphatic rings. The summed E-state index contributed by atoms with van der Waals surface area (Å²) in [5.41, 5.74) is 2.11. The standard InChI is InChI=1S/C18H16N2O3S/c21-15-8-4-7-14(9-15)19-17(22)10-20-16(11-24-12-18(20)23)13-5-2-1-3-6-13/h1-9,11,21H,10,12H2,(H,19,22). The van der Waals surface area contributed by atoms with Crippen molar-refractivity contribution in [2.24, 2.45) is 0 Å². The van der Waals surface area contributed by atoms with Crippen LogP contribution in [-0.4, -0.2) is 34.1 Å². The molecule has 1 heterocycles. The Morgan fingerprint density at radius 2 is 1.96 bits per heavy atom. The van der Waals surface area contributed by atoms with Crippen molar-refractivity contribution >= 4 is 35.0 Å². The molecule has 2 aromatic rings. The van der Waals surface area contributed by atoms with Gasteiger partial charge in [0.1, 0.15) is 12.3 Å². The number of thioether (sulfide) groups is 1. The highest BCUT2D eigenvalue weighted by Gasteiger charge is 2.25. The van der Waals surface area contributed by atoms with E-state index in [4.69, 9.17) is 0 Å². The zero-order chi connectivity index (χ0) is 16.9. The van der Waals surface area contributed by atoms with E-state index >= 15 is 0 Å². The highest BCUT2D eigenvalue weighted by molar-refractivity contribution is 8.03. The SMILES string of the molecule is O=C(CN1C(=O)CSC=C1c1ccccc1)Nc1cccc(O)c1. The second-order valence-corrected chi connectivity index (χ2v) is 6.12. The maximum absolute atomic E-state index is 12.3. The molecule has 0 bridgehead atoms. The summed E-state index contributed by atoms with van der Waals surface area (Å²) in [6.45, 7) is -0.0736. The van der Waals surface area contributed by atoms with Gasteiger partial charge in [-0.15, -0.1) is 11.8 Å². The summed E-state index contributed by atoms with van der Waals surface area (Å²) in [6, 6.07) is 15.8. The molecular formula is C18H16N2O3S. The molecule has 1 aliphatic heterocycles. The molecule has 0 atom stereocenters. The maximum atomic E-state index is 12.3. The van der Waals surface area contributed by atoms with E-state index in [0.717, 1.165) is 11.3 Å². The van der Waals surface area contributed by atoms with E-state index in [1.54, 1.807) is 12.1 Å². The minimum Gasteiger partial charge on any atom is -0.508 e. The molecule has 24 heavy (non-hydrogen) atoms. The lowest BCUT2D eigenvalue weighted by molar-refractivity contribution is -0.129. The molecular weight excluding hydrogens is 324 g/mol. The van der Waals surface area contributed by atoms with Gasteiger partial charge in [-0.2, -0.15) is 0 Å². The predicted octanol–water partition coefficient (Wildman–Crippen LogP) is 2.90. The zero-order valence-corrected chi connectivity index (χ0v) is 13.6. The number of carbonyl (C=O) groups excluding carboxylic acids is 2. The molecule has 5 nitrogen and oxygen atoms in total. The van der Waals surface area contributed by atoms with E-state index in [2.05, 4.69) is 5.32 Å². The third-order valence-corrected chi connectivity index (χ3v) is 4.30. The summed E-state index contributed by atoms with van der Waals surface area (Å²) in [5, 5.41) is 14.0. The first kappa shape index (κ1) is 16.1. The normalized spacial score (nSPS) is 14.2. The largest absolute Gasteiger partial charge is 0.508 e. The molecule has 0 saturated heterocycles. The van der Waals surface area contributed by atoms with Gasteiger partial charge in [0.05, 0.1) is 11.4 Å². The van der Waals surface area contributed by atoms with Gasteiger partial charge in [-0.3, -0.25) is 9.59 Å². The Labute approximate surface area is 144 Å². The Bertz CT molecular complexity index is 790. The van der Waals surface area contributed by atoms with Gasteiger partial charge < -0.3 is 15.3 Å². The number of aromatic hydroxyl groups is 1. The Morgan fingerprint density at radius 3 is 2.71 bits per heavy atom. The monoisotopic (exact) mass is 340 g/mol. The van der Waals surface area contributed by atoms with Crippen LogP contribution in [0.25, 0.3) is 5.70 Å². The van der Waals surface area contributed by atoms with Gasteiger partial charge in [-0.05, 0) is 23.1 Å². The molecule has 0 aliphatic carbocycles. The van der Waals surface area contributed by atoms with Crippen LogP contribution in [0.2, 0.25) is 0 Å². The average Bonchev–Trinajstić information content (AvgIpc) is 2.57. The van der Waals surface area contributed by atoms with E-state index in [0.29, 0.717) is 11.4 Å². The van der Waals surface area contributed by atoms with Crippen molar-refractivity contribution < 1.29 is 14.7 Å². The number of hydrogen-bond acceptors (Lipinski definition) is 4. The number of phenolic OH excluding ortho intramolecular Hbond substituents is 1. The van der Waals surface area contributed by atoms with Gasteiger partial charge in [0.2, 0.25) is 11.8 Å². The van der Waals surface area contributed by atoms with E-state index in [1.807, 2.05) is 35.7 Å². The van der Waals surface area contributed by atoms with E-state index < -0.39 is 0 Å². The van der Waals surface area contributed by atoms with Crippen molar-refractivity contribution in [3.63, 3.8) is 0 Å². The van der Waals surface area contributed by atoms with Crippen LogP contribution in [-0.2, 0) is 9.59 Å². The summed E-state index contributed by atoms with van der Waals surface area (Å²) in [7, 11) is 0. The van der Waals surface area contributed by atoms with Crippen molar-refractivity contribution in [3.05, 3.63) is 65.6 Å². The van der Waals surface area contributed by atoms with Gasteiger partial charge in [0.15, 0.2) is 0 Å². The Morgan fingerprint density at radius 1 is 1.17 bits per heavy atom. The highest BCUT2D eigenvalue weighted by Crippen LogP contribution is 2.28. The lowest BCUT2D eigenvalue weighted by atomic mass is 10.1. The molecule has 0 spiro atoms. The van der Waals surface area contributed by atoms with Gasteiger partial charge in [0, 0.05) is 11.8 Å². The van der Waals surface area contributed by atoms with Crippen molar-refractivity contribution in [1.29, 1.82) is 0 Å². The van der Waals surface area contributed by atoms with Crippen LogP contribution in [0, 0.1) is 0 Å². The lowest BCUT2D eigenvalue weighted by Gasteiger charge is -2.28. The average molecular weight is 340 g/mol. The number of nitrogens with one attached hydrogen (secondary N) is 1. The van der Waals surface area contributed by atoms with Crippen molar-refractivity contribution in [3.8, 4) is 5.75 Å². The van der Waals surface area contributed by atoms with Crippen LogP contribution < -0.4 is 5.32 Å². The van der Waals surface area contributed by atoms with Crippen molar-refractivity contribution in [1.82, 2.24) is 4.90 Å². The summed E-state index contributed by atoms with van der Waals surface area (Å²) in [6.07, 6.45) is 0. The van der Waals surface area contributed by atoms with Crippen LogP contribution in [0.1, 0.15) is 5.56 Å². The van der Waals surface area contributed by atoms with Crippen LogP contribution >= 0.6 is 11.8 Å². The fourth-order valence-corrected chi connectivity index (χ4v) is 3.20. The highest BCUT2D eigenvalue weighted by atomic mass is 32.2. The summed E-state index contributed by atoms with van der Waals surface area (Å²) < 4.78 is 0. The number of hydrogen-bond donors (Lipinski definition) is 2. The minimum atomic E-state index is -0.317. The first-order valence-electron chi connectivity index (χ1n) is 7.40.